The summed E-state index contributed by atoms with van der Waals surface area (Å²) in [6.45, 7) is 2.89. The van der Waals surface area contributed by atoms with E-state index in [0.717, 1.165) is 13.1 Å². The van der Waals surface area contributed by atoms with Crippen molar-refractivity contribution < 1.29 is 4.79 Å². The van der Waals surface area contributed by atoms with E-state index in [-0.39, 0.29) is 6.03 Å². The van der Waals surface area contributed by atoms with Crippen LogP contribution in [0.3, 0.4) is 0 Å². The van der Waals surface area contributed by atoms with Crippen molar-refractivity contribution in [1.82, 2.24) is 21.3 Å². The quantitative estimate of drug-likeness (QED) is 0.379. The van der Waals surface area contributed by atoms with Crippen molar-refractivity contribution in [2.24, 2.45) is 0 Å². The Kier molecular flexibility index (Phi) is 7.73. The van der Waals surface area contributed by atoms with E-state index in [2.05, 4.69) is 21.3 Å². The van der Waals surface area contributed by atoms with Crippen molar-refractivity contribution in [2.45, 2.75) is 0 Å². The first-order valence-corrected chi connectivity index (χ1v) is 4.12. The molecule has 0 saturated carbocycles. The van der Waals surface area contributed by atoms with Crippen LogP contribution in [0.5, 0.6) is 0 Å². The molecule has 0 aliphatic heterocycles. The van der Waals surface area contributed by atoms with E-state index in [9.17, 15) is 4.79 Å². The van der Waals surface area contributed by atoms with Gasteiger partial charge in [-0.2, -0.15) is 0 Å². The van der Waals surface area contributed by atoms with Crippen LogP contribution in [0, 0.1) is 0 Å². The molecule has 5 heteroatoms. The standard InChI is InChI=1S/C7H18N4O/c1-8-3-5-10-7(12)11-6-4-9-2/h8-9H,3-6H2,1-2H3,(H2,10,11,12). The number of carbonyl (C=O) groups is 1. The molecule has 0 heterocycles. The molecule has 0 unspecified atom stereocenters. The smallest absolute Gasteiger partial charge is 0.314 e. The second kappa shape index (κ2) is 8.29. The van der Waals surface area contributed by atoms with E-state index < -0.39 is 0 Å². The number of likely N-dealkylation sites (N-methyl/N-ethyl adjacent to an activating group) is 2. The van der Waals surface area contributed by atoms with Gasteiger partial charge in [0.25, 0.3) is 0 Å². The van der Waals surface area contributed by atoms with E-state index in [1.807, 2.05) is 14.1 Å². The van der Waals surface area contributed by atoms with Crippen LogP contribution >= 0.6 is 0 Å². The normalized spacial score (nSPS) is 9.50. The van der Waals surface area contributed by atoms with E-state index in [1.165, 1.54) is 0 Å². The fraction of sp³-hybridized carbons (Fsp3) is 0.857. The van der Waals surface area contributed by atoms with Crippen molar-refractivity contribution in [3.63, 3.8) is 0 Å². The van der Waals surface area contributed by atoms with Crippen molar-refractivity contribution in [3.05, 3.63) is 0 Å². The molecule has 12 heavy (non-hydrogen) atoms. The highest BCUT2D eigenvalue weighted by molar-refractivity contribution is 5.73. The molecule has 0 radical (unpaired) electrons. The Bertz CT molecular complexity index is 106. The Balaban J connectivity index is 3.10. The molecule has 0 atom stereocenters. The van der Waals surface area contributed by atoms with Crippen molar-refractivity contribution in [3.8, 4) is 0 Å². The Morgan fingerprint density at radius 1 is 0.917 bits per heavy atom. The first-order chi connectivity index (χ1) is 5.81. The van der Waals surface area contributed by atoms with Crippen LogP contribution in [0.1, 0.15) is 0 Å². The second-order valence-corrected chi connectivity index (χ2v) is 2.39. The largest absolute Gasteiger partial charge is 0.337 e. The SMILES string of the molecule is CNCCNC(=O)NCCNC. The molecule has 5 nitrogen and oxygen atoms in total. The van der Waals surface area contributed by atoms with Crippen LogP contribution in [0.4, 0.5) is 4.79 Å². The Hall–Kier alpha value is -0.810. The molecule has 0 aliphatic rings. The van der Waals surface area contributed by atoms with E-state index in [1.54, 1.807) is 0 Å². The second-order valence-electron chi connectivity index (χ2n) is 2.39. The van der Waals surface area contributed by atoms with Crippen molar-refractivity contribution in [1.29, 1.82) is 0 Å². The predicted molar refractivity (Wildman–Crippen MR) is 49.3 cm³/mol. The third kappa shape index (κ3) is 7.30. The molecule has 72 valence electrons. The van der Waals surface area contributed by atoms with Gasteiger partial charge in [-0.25, -0.2) is 4.79 Å². The van der Waals surface area contributed by atoms with Gasteiger partial charge in [-0.05, 0) is 14.1 Å². The third-order valence-corrected chi connectivity index (χ3v) is 1.32. The minimum absolute atomic E-state index is 0.111. The van der Waals surface area contributed by atoms with Gasteiger partial charge in [0.15, 0.2) is 0 Å². The molecule has 0 bridgehead atoms. The zero-order valence-corrected chi connectivity index (χ0v) is 7.74. The molecule has 0 saturated heterocycles. The molecule has 0 aromatic carbocycles. The molecule has 0 aromatic rings. The average Bonchev–Trinajstić information content (AvgIpc) is 2.06. The summed E-state index contributed by atoms with van der Waals surface area (Å²) in [6, 6.07) is -0.111. The third-order valence-electron chi connectivity index (χ3n) is 1.32. The maximum Gasteiger partial charge on any atom is 0.314 e. The lowest BCUT2D eigenvalue weighted by Gasteiger charge is -2.06. The zero-order valence-electron chi connectivity index (χ0n) is 7.74. The van der Waals surface area contributed by atoms with Crippen molar-refractivity contribution >= 4 is 6.03 Å². The molecule has 0 rings (SSSR count). The molecule has 0 spiro atoms. The number of urea groups is 1. The average molecular weight is 174 g/mol. The van der Waals surface area contributed by atoms with Gasteiger partial charge in [-0.15, -0.1) is 0 Å². The van der Waals surface area contributed by atoms with Gasteiger partial charge in [0, 0.05) is 26.2 Å². The van der Waals surface area contributed by atoms with Crippen LogP contribution < -0.4 is 21.3 Å². The zero-order chi connectivity index (χ0) is 9.23. The highest BCUT2D eigenvalue weighted by Gasteiger charge is 1.95. The molecule has 0 fully saturated rings. The van der Waals surface area contributed by atoms with E-state index >= 15 is 0 Å². The van der Waals surface area contributed by atoms with Gasteiger partial charge in [0.1, 0.15) is 0 Å². The van der Waals surface area contributed by atoms with Gasteiger partial charge >= 0.3 is 6.03 Å². The van der Waals surface area contributed by atoms with Crippen molar-refractivity contribution in [2.75, 3.05) is 40.3 Å². The molecule has 2 amide bonds. The lowest BCUT2D eigenvalue weighted by Crippen LogP contribution is -2.40. The summed E-state index contributed by atoms with van der Waals surface area (Å²) in [5.74, 6) is 0. The monoisotopic (exact) mass is 174 g/mol. The summed E-state index contributed by atoms with van der Waals surface area (Å²) >= 11 is 0. The number of hydrogen-bond donors (Lipinski definition) is 4. The van der Waals surface area contributed by atoms with Gasteiger partial charge in [-0.1, -0.05) is 0 Å². The van der Waals surface area contributed by atoms with Crippen LogP contribution in [0.15, 0.2) is 0 Å². The first kappa shape index (κ1) is 11.2. The maximum atomic E-state index is 10.9. The van der Waals surface area contributed by atoms with Crippen LogP contribution in [0.25, 0.3) is 0 Å². The number of hydrogen-bond acceptors (Lipinski definition) is 3. The van der Waals surface area contributed by atoms with Crippen LogP contribution in [-0.2, 0) is 0 Å². The van der Waals surface area contributed by atoms with Crippen LogP contribution in [0.2, 0.25) is 0 Å². The molecule has 0 aromatic heterocycles. The fourth-order valence-electron chi connectivity index (χ4n) is 0.665. The van der Waals surface area contributed by atoms with Gasteiger partial charge in [0.05, 0.1) is 0 Å². The minimum Gasteiger partial charge on any atom is -0.337 e. The topological polar surface area (TPSA) is 65.2 Å². The summed E-state index contributed by atoms with van der Waals surface area (Å²) < 4.78 is 0. The highest BCUT2D eigenvalue weighted by Crippen LogP contribution is 1.63. The van der Waals surface area contributed by atoms with Gasteiger partial charge in [0.2, 0.25) is 0 Å². The summed E-state index contributed by atoms with van der Waals surface area (Å²) in [6.07, 6.45) is 0. The summed E-state index contributed by atoms with van der Waals surface area (Å²) in [7, 11) is 3.70. The predicted octanol–water partition coefficient (Wildman–Crippen LogP) is -1.28. The van der Waals surface area contributed by atoms with Crippen LogP contribution in [-0.4, -0.2) is 46.3 Å². The molecular weight excluding hydrogens is 156 g/mol. The summed E-state index contributed by atoms with van der Waals surface area (Å²) in [4.78, 5) is 10.9. The number of nitrogens with one attached hydrogen (secondary N) is 4. The van der Waals surface area contributed by atoms with E-state index in [4.69, 9.17) is 0 Å². The summed E-state index contributed by atoms with van der Waals surface area (Å²) in [5.41, 5.74) is 0. The number of rotatable bonds is 6. The number of carbonyl (C=O) groups excluding carboxylic acids is 1. The summed E-state index contributed by atoms with van der Waals surface area (Å²) in [5, 5.41) is 11.3. The van der Waals surface area contributed by atoms with E-state index in [0.29, 0.717) is 13.1 Å². The van der Waals surface area contributed by atoms with Gasteiger partial charge < -0.3 is 21.3 Å². The lowest BCUT2D eigenvalue weighted by atomic mass is 10.6. The minimum atomic E-state index is -0.111. The molecular formula is C7H18N4O. The van der Waals surface area contributed by atoms with Gasteiger partial charge in [-0.3, -0.25) is 0 Å². The first-order valence-electron chi connectivity index (χ1n) is 4.12. The lowest BCUT2D eigenvalue weighted by molar-refractivity contribution is 0.241. The Morgan fingerprint density at radius 2 is 1.33 bits per heavy atom. The fourth-order valence-corrected chi connectivity index (χ4v) is 0.665. The Morgan fingerprint density at radius 3 is 1.67 bits per heavy atom. The molecule has 4 N–H and O–H groups in total. The molecule has 0 aliphatic carbocycles. The Labute approximate surface area is 73.3 Å². The number of amides is 2. The maximum absolute atomic E-state index is 10.9. The highest BCUT2D eigenvalue weighted by atomic mass is 16.2.